The van der Waals surface area contributed by atoms with Gasteiger partial charge < -0.3 is 5.11 Å². The van der Waals surface area contributed by atoms with Crippen LogP contribution in [0.1, 0.15) is 0 Å². The van der Waals surface area contributed by atoms with Crippen LogP contribution in [0, 0.1) is 5.82 Å². The molecule has 0 saturated heterocycles. The normalized spacial score (nSPS) is 10.5. The summed E-state index contributed by atoms with van der Waals surface area (Å²) < 4.78 is 12.6. The highest BCUT2D eigenvalue weighted by molar-refractivity contribution is 5.53. The fraction of sp³-hybridized carbons (Fsp3) is 0.222. The van der Waals surface area contributed by atoms with E-state index < -0.39 is 0 Å². The lowest BCUT2D eigenvalue weighted by molar-refractivity contribution is 0.259. The highest BCUT2D eigenvalue weighted by Crippen LogP contribution is 2.13. The largest absolute Gasteiger partial charge is 0.394 e. The van der Waals surface area contributed by atoms with Crippen molar-refractivity contribution >= 4 is 0 Å². The summed E-state index contributed by atoms with van der Waals surface area (Å²) in [4.78, 5) is 1.29. The maximum atomic E-state index is 12.6. The quantitative estimate of drug-likeness (QED) is 0.796. The van der Waals surface area contributed by atoms with E-state index in [-0.39, 0.29) is 12.4 Å². The predicted molar refractivity (Wildman–Crippen MR) is 50.3 cm³/mol. The second-order valence-electron chi connectivity index (χ2n) is 2.94. The monoisotopic (exact) mass is 208 g/mol. The van der Waals surface area contributed by atoms with Crippen LogP contribution in [0.2, 0.25) is 0 Å². The van der Waals surface area contributed by atoms with Crippen molar-refractivity contribution in [3.05, 3.63) is 30.1 Å². The number of tetrazole rings is 1. The van der Waals surface area contributed by atoms with Crippen LogP contribution in [0.5, 0.6) is 0 Å². The van der Waals surface area contributed by atoms with E-state index in [1.807, 2.05) is 0 Å². The molecule has 5 nitrogen and oxygen atoms in total. The number of hydrogen-bond donors (Lipinski definition) is 1. The third-order valence-electron chi connectivity index (χ3n) is 1.86. The maximum Gasteiger partial charge on any atom is 0.204 e. The van der Waals surface area contributed by atoms with E-state index in [1.54, 1.807) is 12.1 Å². The van der Waals surface area contributed by atoms with E-state index in [9.17, 15) is 4.39 Å². The Bertz CT molecular complexity index is 440. The second-order valence-corrected chi connectivity index (χ2v) is 2.94. The van der Waals surface area contributed by atoms with Crippen LogP contribution in [0.4, 0.5) is 4.39 Å². The van der Waals surface area contributed by atoms with Crippen molar-refractivity contribution in [1.29, 1.82) is 0 Å². The van der Waals surface area contributed by atoms with Crippen LogP contribution in [-0.2, 0) is 6.54 Å². The molecule has 78 valence electrons. The summed E-state index contributed by atoms with van der Waals surface area (Å²) in [6, 6.07) is 5.83. The molecule has 0 fully saturated rings. The maximum absolute atomic E-state index is 12.6. The highest BCUT2D eigenvalue weighted by atomic mass is 19.1. The molecule has 0 aliphatic carbocycles. The zero-order chi connectivity index (χ0) is 10.7. The Morgan fingerprint density at radius 2 is 2.00 bits per heavy atom. The van der Waals surface area contributed by atoms with Crippen LogP contribution in [0.3, 0.4) is 0 Å². The Morgan fingerprint density at radius 1 is 1.27 bits per heavy atom. The molecular weight excluding hydrogens is 199 g/mol. The van der Waals surface area contributed by atoms with Crippen LogP contribution >= 0.6 is 0 Å². The van der Waals surface area contributed by atoms with Crippen LogP contribution < -0.4 is 0 Å². The zero-order valence-corrected chi connectivity index (χ0v) is 7.84. The fourth-order valence-electron chi connectivity index (χ4n) is 1.14. The van der Waals surface area contributed by atoms with Crippen molar-refractivity contribution in [2.24, 2.45) is 0 Å². The van der Waals surface area contributed by atoms with Crippen molar-refractivity contribution in [3.63, 3.8) is 0 Å². The average molecular weight is 208 g/mol. The second kappa shape index (κ2) is 4.14. The van der Waals surface area contributed by atoms with Gasteiger partial charge in [0.05, 0.1) is 13.2 Å². The topological polar surface area (TPSA) is 63.8 Å². The summed E-state index contributed by atoms with van der Waals surface area (Å²) in [6.45, 7) is 0.257. The molecule has 0 aliphatic heterocycles. The van der Waals surface area contributed by atoms with Crippen molar-refractivity contribution < 1.29 is 9.50 Å². The van der Waals surface area contributed by atoms with Crippen molar-refractivity contribution in [2.45, 2.75) is 6.54 Å². The van der Waals surface area contributed by atoms with Gasteiger partial charge in [0.1, 0.15) is 5.82 Å². The minimum absolute atomic E-state index is 0.0424. The SMILES string of the molecule is OCCn1nnc(-c2ccc(F)cc2)n1. The first-order valence-electron chi connectivity index (χ1n) is 4.44. The number of halogens is 1. The zero-order valence-electron chi connectivity index (χ0n) is 7.84. The van der Waals surface area contributed by atoms with Crippen LogP contribution in [-0.4, -0.2) is 31.9 Å². The van der Waals surface area contributed by atoms with Gasteiger partial charge in [0, 0.05) is 5.56 Å². The first-order valence-corrected chi connectivity index (χ1v) is 4.44. The Morgan fingerprint density at radius 3 is 2.67 bits per heavy atom. The van der Waals surface area contributed by atoms with Gasteiger partial charge in [-0.3, -0.25) is 0 Å². The highest BCUT2D eigenvalue weighted by Gasteiger charge is 2.04. The van der Waals surface area contributed by atoms with E-state index >= 15 is 0 Å². The summed E-state index contributed by atoms with van der Waals surface area (Å²) in [5.41, 5.74) is 0.695. The molecule has 2 rings (SSSR count). The average Bonchev–Trinajstić information content (AvgIpc) is 2.68. The molecule has 0 spiro atoms. The summed E-state index contributed by atoms with van der Waals surface area (Å²) in [5.74, 6) is 0.116. The molecule has 1 N–H and O–H groups in total. The Balaban J connectivity index is 2.25. The van der Waals surface area contributed by atoms with Gasteiger partial charge in [-0.05, 0) is 29.5 Å². The minimum Gasteiger partial charge on any atom is -0.394 e. The van der Waals surface area contributed by atoms with Gasteiger partial charge in [-0.2, -0.15) is 4.80 Å². The number of rotatable bonds is 3. The van der Waals surface area contributed by atoms with Gasteiger partial charge in [0.15, 0.2) is 0 Å². The van der Waals surface area contributed by atoms with E-state index in [4.69, 9.17) is 5.11 Å². The van der Waals surface area contributed by atoms with E-state index in [0.717, 1.165) is 0 Å². The van der Waals surface area contributed by atoms with Crippen molar-refractivity contribution in [1.82, 2.24) is 20.2 Å². The number of aliphatic hydroxyl groups excluding tert-OH is 1. The fourth-order valence-corrected chi connectivity index (χ4v) is 1.14. The summed E-state index contributed by atoms with van der Waals surface area (Å²) in [5, 5.41) is 20.2. The van der Waals surface area contributed by atoms with E-state index in [1.165, 1.54) is 16.9 Å². The minimum atomic E-state index is -0.304. The molecule has 0 saturated carbocycles. The molecule has 0 aliphatic rings. The van der Waals surface area contributed by atoms with Crippen LogP contribution in [0.25, 0.3) is 11.4 Å². The van der Waals surface area contributed by atoms with Gasteiger partial charge in [-0.15, -0.1) is 10.2 Å². The third kappa shape index (κ3) is 2.16. The van der Waals surface area contributed by atoms with Gasteiger partial charge in [-0.1, -0.05) is 0 Å². The van der Waals surface area contributed by atoms with E-state index in [0.29, 0.717) is 17.9 Å². The molecule has 2 aromatic rings. The molecule has 1 aromatic carbocycles. The smallest absolute Gasteiger partial charge is 0.204 e. The standard InChI is InChI=1S/C9H9FN4O/c10-8-3-1-7(2-4-8)9-11-13-14(12-9)5-6-15/h1-4,15H,5-6H2. The first-order chi connectivity index (χ1) is 7.29. The van der Waals surface area contributed by atoms with E-state index in [2.05, 4.69) is 15.4 Å². The molecule has 1 heterocycles. The Labute approximate surface area is 85.2 Å². The number of nitrogens with zero attached hydrogens (tertiary/aromatic N) is 4. The molecule has 6 heteroatoms. The number of aromatic nitrogens is 4. The predicted octanol–water partition coefficient (Wildman–Crippen LogP) is 0.471. The van der Waals surface area contributed by atoms with Gasteiger partial charge >= 0.3 is 0 Å². The lowest BCUT2D eigenvalue weighted by Crippen LogP contribution is -2.05. The summed E-state index contributed by atoms with van der Waals surface area (Å²) >= 11 is 0. The molecule has 15 heavy (non-hydrogen) atoms. The van der Waals surface area contributed by atoms with Crippen molar-refractivity contribution in [2.75, 3.05) is 6.61 Å². The summed E-state index contributed by atoms with van der Waals surface area (Å²) in [6.07, 6.45) is 0. The molecule has 0 amide bonds. The lowest BCUT2D eigenvalue weighted by atomic mass is 10.2. The molecular formula is C9H9FN4O. The Hall–Kier alpha value is -1.82. The van der Waals surface area contributed by atoms with Crippen molar-refractivity contribution in [3.8, 4) is 11.4 Å². The molecule has 0 atom stereocenters. The number of benzene rings is 1. The Kier molecular flexibility index (Phi) is 2.68. The number of aliphatic hydroxyl groups is 1. The number of hydrogen-bond acceptors (Lipinski definition) is 4. The third-order valence-corrected chi connectivity index (χ3v) is 1.86. The summed E-state index contributed by atoms with van der Waals surface area (Å²) in [7, 11) is 0. The molecule has 0 unspecified atom stereocenters. The van der Waals surface area contributed by atoms with Gasteiger partial charge in [0.2, 0.25) is 5.82 Å². The molecule has 1 aromatic heterocycles. The molecule has 0 radical (unpaired) electrons. The lowest BCUT2D eigenvalue weighted by Gasteiger charge is -1.93. The molecule has 0 bridgehead atoms. The van der Waals surface area contributed by atoms with Crippen LogP contribution in [0.15, 0.2) is 24.3 Å². The first kappa shape index (κ1) is 9.72. The van der Waals surface area contributed by atoms with Gasteiger partial charge in [-0.25, -0.2) is 4.39 Å². The van der Waals surface area contributed by atoms with Gasteiger partial charge in [0.25, 0.3) is 0 Å².